The van der Waals surface area contributed by atoms with Gasteiger partial charge in [0.25, 0.3) is 5.91 Å². The lowest BCUT2D eigenvalue weighted by molar-refractivity contribution is 0.102. The van der Waals surface area contributed by atoms with Crippen molar-refractivity contribution in [2.75, 3.05) is 5.32 Å². The van der Waals surface area contributed by atoms with E-state index in [4.69, 9.17) is 17.3 Å². The van der Waals surface area contributed by atoms with Crippen molar-refractivity contribution in [2.24, 2.45) is 5.73 Å². The quantitative estimate of drug-likeness (QED) is 0.892. The largest absolute Gasteiger partial charge is 0.326 e. The molecule has 4 nitrogen and oxygen atoms in total. The Bertz CT molecular complexity index is 572. The molecule has 0 aliphatic heterocycles. The Hall–Kier alpha value is -1.91. The van der Waals surface area contributed by atoms with E-state index in [1.54, 1.807) is 12.1 Å². The second-order valence-corrected chi connectivity index (χ2v) is 4.19. The molecule has 1 aromatic carbocycles. The van der Waals surface area contributed by atoms with Gasteiger partial charge in [-0.1, -0.05) is 23.7 Å². The normalized spacial score (nSPS) is 10.1. The van der Waals surface area contributed by atoms with Crippen LogP contribution in [0, 0.1) is 0 Å². The minimum Gasteiger partial charge on any atom is -0.326 e. The number of aromatic nitrogens is 1. The second kappa shape index (κ2) is 5.62. The van der Waals surface area contributed by atoms with E-state index < -0.39 is 0 Å². The van der Waals surface area contributed by atoms with Crippen LogP contribution in [0.2, 0.25) is 5.02 Å². The lowest BCUT2D eigenvalue weighted by Crippen LogP contribution is -2.12. The Balaban J connectivity index is 2.16. The van der Waals surface area contributed by atoms with Crippen LogP contribution in [0.5, 0.6) is 0 Å². The number of rotatable bonds is 3. The molecule has 0 spiro atoms. The fourth-order valence-electron chi connectivity index (χ4n) is 1.52. The first-order valence-corrected chi connectivity index (χ1v) is 5.78. The molecule has 0 fully saturated rings. The van der Waals surface area contributed by atoms with Gasteiger partial charge in [-0.25, -0.2) is 0 Å². The fraction of sp³-hybridized carbons (Fsp3) is 0.0769. The van der Waals surface area contributed by atoms with Crippen LogP contribution in [0.3, 0.4) is 0 Å². The van der Waals surface area contributed by atoms with Gasteiger partial charge in [0.05, 0.1) is 10.6 Å². The summed E-state index contributed by atoms with van der Waals surface area (Å²) in [5, 5.41) is 3.20. The third kappa shape index (κ3) is 3.06. The average molecular weight is 262 g/mol. The van der Waals surface area contributed by atoms with E-state index in [0.29, 0.717) is 22.8 Å². The Kier molecular flexibility index (Phi) is 3.92. The minimum atomic E-state index is -0.251. The molecule has 3 N–H and O–H groups in total. The van der Waals surface area contributed by atoms with Crippen LogP contribution in [0.4, 0.5) is 5.69 Å². The molecule has 0 aliphatic carbocycles. The van der Waals surface area contributed by atoms with Crippen molar-refractivity contribution in [3.8, 4) is 0 Å². The number of anilines is 1. The maximum atomic E-state index is 11.9. The van der Waals surface area contributed by atoms with Gasteiger partial charge >= 0.3 is 0 Å². The van der Waals surface area contributed by atoms with Gasteiger partial charge in [0.2, 0.25) is 0 Å². The fourth-order valence-corrected chi connectivity index (χ4v) is 1.69. The summed E-state index contributed by atoms with van der Waals surface area (Å²) in [6, 6.07) is 8.94. The second-order valence-electron chi connectivity index (χ2n) is 3.75. The van der Waals surface area contributed by atoms with Gasteiger partial charge in [0.1, 0.15) is 0 Å². The van der Waals surface area contributed by atoms with Crippen molar-refractivity contribution >= 4 is 23.2 Å². The first-order valence-electron chi connectivity index (χ1n) is 5.40. The molecule has 0 saturated carbocycles. The van der Waals surface area contributed by atoms with Crippen molar-refractivity contribution in [1.82, 2.24) is 4.98 Å². The summed E-state index contributed by atoms with van der Waals surface area (Å²) in [5.41, 5.74) is 7.61. The molecule has 1 heterocycles. The summed E-state index contributed by atoms with van der Waals surface area (Å²) >= 11 is 5.78. The lowest BCUT2D eigenvalue weighted by Gasteiger charge is -2.06. The standard InChI is InChI=1S/C13H12ClN3O/c14-11-5-10(7-16-8-11)13(18)17-12-3-1-2-9(4-12)6-15/h1-5,7-8H,6,15H2,(H,17,18). The monoisotopic (exact) mass is 261 g/mol. The maximum absolute atomic E-state index is 11.9. The van der Waals surface area contributed by atoms with Crippen molar-refractivity contribution in [3.05, 3.63) is 58.9 Å². The molecule has 2 rings (SSSR count). The number of amides is 1. The molecule has 0 radical (unpaired) electrons. The summed E-state index contributed by atoms with van der Waals surface area (Å²) in [6.07, 6.45) is 2.95. The molecular weight excluding hydrogens is 250 g/mol. The average Bonchev–Trinajstić information content (AvgIpc) is 2.39. The number of pyridine rings is 1. The van der Waals surface area contributed by atoms with E-state index in [1.165, 1.54) is 12.4 Å². The number of nitrogens with zero attached hydrogens (tertiary/aromatic N) is 1. The van der Waals surface area contributed by atoms with E-state index >= 15 is 0 Å². The van der Waals surface area contributed by atoms with Crippen LogP contribution >= 0.6 is 11.6 Å². The van der Waals surface area contributed by atoms with Gasteiger partial charge in [-0.05, 0) is 23.8 Å². The zero-order chi connectivity index (χ0) is 13.0. The van der Waals surface area contributed by atoms with Crippen LogP contribution < -0.4 is 11.1 Å². The number of halogens is 1. The van der Waals surface area contributed by atoms with Gasteiger partial charge in [-0.2, -0.15) is 0 Å². The van der Waals surface area contributed by atoms with Crippen LogP contribution in [-0.4, -0.2) is 10.9 Å². The van der Waals surface area contributed by atoms with Crippen LogP contribution in [0.25, 0.3) is 0 Å². The van der Waals surface area contributed by atoms with E-state index in [0.717, 1.165) is 5.56 Å². The minimum absolute atomic E-state index is 0.251. The molecule has 0 saturated heterocycles. The summed E-state index contributed by atoms with van der Waals surface area (Å²) in [5.74, 6) is -0.251. The molecule has 0 bridgehead atoms. The Morgan fingerprint density at radius 1 is 1.33 bits per heavy atom. The molecule has 0 aliphatic rings. The van der Waals surface area contributed by atoms with Crippen LogP contribution in [-0.2, 0) is 6.54 Å². The number of benzene rings is 1. The number of nitrogens with one attached hydrogen (secondary N) is 1. The van der Waals surface area contributed by atoms with E-state index in [9.17, 15) is 4.79 Å². The molecule has 0 atom stereocenters. The van der Waals surface area contributed by atoms with Crippen molar-refractivity contribution in [1.29, 1.82) is 0 Å². The van der Waals surface area contributed by atoms with Crippen LogP contribution in [0.15, 0.2) is 42.7 Å². The first-order chi connectivity index (χ1) is 8.69. The summed E-state index contributed by atoms with van der Waals surface area (Å²) in [7, 11) is 0. The lowest BCUT2D eigenvalue weighted by atomic mass is 10.2. The summed E-state index contributed by atoms with van der Waals surface area (Å²) < 4.78 is 0. The number of hydrogen-bond acceptors (Lipinski definition) is 3. The summed E-state index contributed by atoms with van der Waals surface area (Å²) in [6.45, 7) is 0.433. The Labute approximate surface area is 110 Å². The van der Waals surface area contributed by atoms with Gasteiger partial charge < -0.3 is 11.1 Å². The third-order valence-corrected chi connectivity index (χ3v) is 2.59. The maximum Gasteiger partial charge on any atom is 0.257 e. The number of carbonyl (C=O) groups is 1. The molecule has 1 amide bonds. The highest BCUT2D eigenvalue weighted by Crippen LogP contribution is 2.13. The molecule has 2 aromatic rings. The van der Waals surface area contributed by atoms with Gasteiger partial charge in [0, 0.05) is 24.6 Å². The predicted molar refractivity (Wildman–Crippen MR) is 71.5 cm³/mol. The zero-order valence-corrected chi connectivity index (χ0v) is 10.3. The molecule has 0 unspecified atom stereocenters. The van der Waals surface area contributed by atoms with Crippen molar-refractivity contribution in [2.45, 2.75) is 6.54 Å². The highest BCUT2D eigenvalue weighted by molar-refractivity contribution is 6.30. The van der Waals surface area contributed by atoms with E-state index in [-0.39, 0.29) is 5.91 Å². The molecule has 92 valence electrons. The van der Waals surface area contributed by atoms with Gasteiger partial charge in [0.15, 0.2) is 0 Å². The van der Waals surface area contributed by atoms with E-state index in [2.05, 4.69) is 10.3 Å². The molecule has 18 heavy (non-hydrogen) atoms. The topological polar surface area (TPSA) is 68.0 Å². The van der Waals surface area contributed by atoms with Crippen molar-refractivity contribution < 1.29 is 4.79 Å². The van der Waals surface area contributed by atoms with Gasteiger partial charge in [-0.15, -0.1) is 0 Å². The number of hydrogen-bond donors (Lipinski definition) is 2. The summed E-state index contributed by atoms with van der Waals surface area (Å²) in [4.78, 5) is 15.8. The number of nitrogens with two attached hydrogens (primary N) is 1. The molecule has 5 heteroatoms. The van der Waals surface area contributed by atoms with Crippen molar-refractivity contribution in [3.63, 3.8) is 0 Å². The Morgan fingerprint density at radius 3 is 2.89 bits per heavy atom. The highest BCUT2D eigenvalue weighted by Gasteiger charge is 2.07. The SMILES string of the molecule is NCc1cccc(NC(=O)c2cncc(Cl)c2)c1. The molecular formula is C13H12ClN3O. The smallest absolute Gasteiger partial charge is 0.257 e. The van der Waals surface area contributed by atoms with E-state index in [1.807, 2.05) is 18.2 Å². The molecule has 1 aromatic heterocycles. The predicted octanol–water partition coefficient (Wildman–Crippen LogP) is 2.45. The third-order valence-electron chi connectivity index (χ3n) is 2.39. The first kappa shape index (κ1) is 12.5. The number of carbonyl (C=O) groups excluding carboxylic acids is 1. The van der Waals surface area contributed by atoms with Crippen LogP contribution in [0.1, 0.15) is 15.9 Å². The van der Waals surface area contributed by atoms with Gasteiger partial charge in [-0.3, -0.25) is 9.78 Å². The zero-order valence-electron chi connectivity index (χ0n) is 9.56. The highest BCUT2D eigenvalue weighted by atomic mass is 35.5. The Morgan fingerprint density at radius 2 is 2.17 bits per heavy atom.